The maximum absolute atomic E-state index is 13.0. The Balaban J connectivity index is 1.05. The summed E-state index contributed by atoms with van der Waals surface area (Å²) in [6.07, 6.45) is 6.42. The monoisotopic (exact) mass is 526 g/mol. The van der Waals surface area contributed by atoms with Crippen molar-refractivity contribution < 1.29 is 22.7 Å². The van der Waals surface area contributed by atoms with Crippen molar-refractivity contribution in [2.45, 2.75) is 49.1 Å². The Hall–Kier alpha value is -2.53. The summed E-state index contributed by atoms with van der Waals surface area (Å²) in [7, 11) is -3.77. The molecule has 4 aliphatic rings. The lowest BCUT2D eigenvalue weighted by atomic mass is 10.0. The lowest BCUT2D eigenvalue weighted by Crippen LogP contribution is -2.33. The van der Waals surface area contributed by atoms with Gasteiger partial charge in [-0.3, -0.25) is 9.69 Å². The van der Waals surface area contributed by atoms with E-state index in [1.165, 1.54) is 36.1 Å². The molecule has 2 aromatic rings. The van der Waals surface area contributed by atoms with E-state index >= 15 is 0 Å². The van der Waals surface area contributed by atoms with Crippen LogP contribution in [0.4, 0.5) is 0 Å². The zero-order chi connectivity index (χ0) is 25.6. The van der Waals surface area contributed by atoms with Crippen LogP contribution in [-0.4, -0.2) is 74.6 Å². The number of amides is 1. The summed E-state index contributed by atoms with van der Waals surface area (Å²) in [5.74, 6) is 2.21. The lowest BCUT2D eigenvalue weighted by molar-refractivity contribution is 0.0233. The molecule has 0 spiro atoms. The van der Waals surface area contributed by atoms with Crippen molar-refractivity contribution >= 4 is 15.9 Å². The van der Waals surface area contributed by atoms with Gasteiger partial charge in [0.05, 0.1) is 18.1 Å². The number of fused-ring (bicyclic) bond motifs is 1. The Kier molecular flexibility index (Phi) is 6.68. The third kappa shape index (κ3) is 5.52. The Labute approximate surface area is 218 Å². The van der Waals surface area contributed by atoms with Crippen LogP contribution in [0.2, 0.25) is 0 Å². The number of nitrogens with zero attached hydrogens (tertiary/aromatic N) is 3. The van der Waals surface area contributed by atoms with Gasteiger partial charge in [-0.05, 0) is 66.5 Å². The number of nitrogens with two attached hydrogens (primary N) is 1. The van der Waals surface area contributed by atoms with Gasteiger partial charge in [-0.2, -0.15) is 0 Å². The van der Waals surface area contributed by atoms with Gasteiger partial charge in [0.15, 0.2) is 0 Å². The molecule has 2 N–H and O–H groups in total. The molecular formula is C27H34N4O5S. The third-order valence-electron chi connectivity index (χ3n) is 8.08. The number of benzene rings is 1. The van der Waals surface area contributed by atoms with E-state index < -0.39 is 10.0 Å². The van der Waals surface area contributed by atoms with Crippen molar-refractivity contribution in [1.82, 2.24) is 14.8 Å². The van der Waals surface area contributed by atoms with Crippen molar-refractivity contribution in [3.63, 3.8) is 0 Å². The second-order valence-electron chi connectivity index (χ2n) is 10.9. The van der Waals surface area contributed by atoms with Crippen molar-refractivity contribution in [2.24, 2.45) is 17.0 Å². The van der Waals surface area contributed by atoms with E-state index in [4.69, 9.17) is 19.6 Å². The highest BCUT2D eigenvalue weighted by atomic mass is 32.2. The summed E-state index contributed by atoms with van der Waals surface area (Å²) in [6, 6.07) is 8.18. The highest BCUT2D eigenvalue weighted by Gasteiger charge is 2.41. The maximum atomic E-state index is 13.0. The molecule has 4 heterocycles. The van der Waals surface area contributed by atoms with Crippen LogP contribution in [0.1, 0.15) is 53.1 Å². The molecule has 1 aromatic heterocycles. The number of sulfonamides is 1. The first-order valence-corrected chi connectivity index (χ1v) is 14.8. The molecule has 1 amide bonds. The molecule has 10 heteroatoms. The van der Waals surface area contributed by atoms with E-state index in [-0.39, 0.29) is 16.9 Å². The molecule has 1 aliphatic carbocycles. The number of hydrogen-bond acceptors (Lipinski definition) is 7. The van der Waals surface area contributed by atoms with Crippen LogP contribution in [0.15, 0.2) is 41.4 Å². The number of ether oxygens (including phenoxy) is 2. The molecule has 1 aromatic carbocycles. The van der Waals surface area contributed by atoms with Gasteiger partial charge < -0.3 is 14.4 Å². The highest BCUT2D eigenvalue weighted by molar-refractivity contribution is 7.89. The lowest BCUT2D eigenvalue weighted by Gasteiger charge is -2.24. The smallest absolute Gasteiger partial charge is 0.253 e. The number of hydrogen-bond donors (Lipinski definition) is 1. The Morgan fingerprint density at radius 2 is 1.70 bits per heavy atom. The largest absolute Gasteiger partial charge is 0.474 e. The minimum Gasteiger partial charge on any atom is -0.474 e. The topological polar surface area (TPSA) is 115 Å². The Bertz CT molecular complexity index is 1240. The maximum Gasteiger partial charge on any atom is 0.253 e. The fourth-order valence-corrected chi connectivity index (χ4v) is 6.47. The molecule has 2 atom stereocenters. The van der Waals surface area contributed by atoms with E-state index in [1.54, 1.807) is 12.1 Å². The first-order valence-electron chi connectivity index (χ1n) is 13.2. The van der Waals surface area contributed by atoms with Crippen LogP contribution in [-0.2, 0) is 21.3 Å². The highest BCUT2D eigenvalue weighted by Crippen LogP contribution is 2.44. The second-order valence-corrected chi connectivity index (χ2v) is 12.5. The molecule has 198 valence electrons. The summed E-state index contributed by atoms with van der Waals surface area (Å²) in [5.41, 5.74) is 2.98. The first-order chi connectivity index (χ1) is 17.8. The fraction of sp³-hybridized carbons (Fsp3) is 0.556. The predicted octanol–water partition coefficient (Wildman–Crippen LogP) is 2.37. The minimum absolute atomic E-state index is 0.0143. The van der Waals surface area contributed by atoms with Crippen LogP contribution < -0.4 is 9.88 Å². The number of primary sulfonamides is 1. The number of carbonyl (C=O) groups is 1. The number of pyridine rings is 1. The number of aromatic nitrogens is 1. The fourth-order valence-electron chi connectivity index (χ4n) is 5.95. The summed E-state index contributed by atoms with van der Waals surface area (Å²) in [6.45, 7) is 5.73. The quantitative estimate of drug-likeness (QED) is 0.589. The number of rotatable bonds is 7. The molecule has 0 bridgehead atoms. The predicted molar refractivity (Wildman–Crippen MR) is 137 cm³/mol. The van der Waals surface area contributed by atoms with Crippen molar-refractivity contribution in [2.75, 3.05) is 39.4 Å². The van der Waals surface area contributed by atoms with Crippen LogP contribution >= 0.6 is 0 Å². The molecule has 9 nitrogen and oxygen atoms in total. The third-order valence-corrected chi connectivity index (χ3v) is 9.01. The van der Waals surface area contributed by atoms with Crippen molar-refractivity contribution in [3.05, 3.63) is 53.2 Å². The van der Waals surface area contributed by atoms with Gasteiger partial charge in [-0.1, -0.05) is 0 Å². The zero-order valence-corrected chi connectivity index (χ0v) is 21.7. The Morgan fingerprint density at radius 3 is 2.32 bits per heavy atom. The molecule has 3 aliphatic heterocycles. The van der Waals surface area contributed by atoms with Crippen LogP contribution in [0.5, 0.6) is 5.88 Å². The van der Waals surface area contributed by atoms with Gasteiger partial charge in [0.25, 0.3) is 5.91 Å². The number of carbonyl (C=O) groups excluding carboxylic acids is 1. The first kappa shape index (κ1) is 24.8. The average molecular weight is 527 g/mol. The number of likely N-dealkylation sites (tertiary alicyclic amines) is 2. The molecule has 0 unspecified atom stereocenters. The summed E-state index contributed by atoms with van der Waals surface area (Å²) in [5, 5.41) is 5.16. The van der Waals surface area contributed by atoms with Crippen molar-refractivity contribution in [1.29, 1.82) is 0 Å². The molecule has 0 radical (unpaired) electrons. The van der Waals surface area contributed by atoms with Crippen LogP contribution in [0.3, 0.4) is 0 Å². The minimum atomic E-state index is -3.77. The van der Waals surface area contributed by atoms with Gasteiger partial charge in [0.1, 0.15) is 6.10 Å². The second kappa shape index (κ2) is 9.98. The van der Waals surface area contributed by atoms with E-state index in [1.807, 2.05) is 11.1 Å². The zero-order valence-electron chi connectivity index (χ0n) is 20.9. The molecule has 37 heavy (non-hydrogen) atoms. The molecule has 4 fully saturated rings. The Morgan fingerprint density at radius 1 is 1.03 bits per heavy atom. The van der Waals surface area contributed by atoms with Gasteiger partial charge in [0, 0.05) is 62.9 Å². The SMILES string of the molecule is NS(=O)(=O)c1ccc(C(=O)N2C[C@H]3CN(Cc4cnc(OC5CCOCC5)c(C5CC5)c4)C[C@H]3C2)cc1. The standard InChI is InChI=1S/C27H34N4O5S/c28-37(33,34)24-5-3-20(4-6-24)27(32)31-16-21-14-30(15-22(21)17-31)13-18-11-25(19-1-2-19)26(29-12-18)36-23-7-9-35-10-8-23/h3-6,11-12,19,21-23H,1-2,7-10,13-17H2,(H2,28,33,34)/t21-,22+. The van der Waals surface area contributed by atoms with Crippen molar-refractivity contribution in [3.8, 4) is 5.88 Å². The summed E-state index contributed by atoms with van der Waals surface area (Å²) >= 11 is 0. The normalized spacial score (nSPS) is 24.8. The molecule has 3 saturated heterocycles. The summed E-state index contributed by atoms with van der Waals surface area (Å²) in [4.78, 5) is 22.1. The average Bonchev–Trinajstić information content (AvgIpc) is 3.56. The summed E-state index contributed by atoms with van der Waals surface area (Å²) < 4.78 is 34.7. The van der Waals surface area contributed by atoms with Gasteiger partial charge in [0.2, 0.25) is 15.9 Å². The van der Waals surface area contributed by atoms with Gasteiger partial charge in [-0.15, -0.1) is 0 Å². The van der Waals surface area contributed by atoms with Crippen LogP contribution in [0, 0.1) is 11.8 Å². The molecular weight excluding hydrogens is 492 g/mol. The van der Waals surface area contributed by atoms with Crippen LogP contribution in [0.25, 0.3) is 0 Å². The van der Waals surface area contributed by atoms with E-state index in [0.717, 1.165) is 64.7 Å². The van der Waals surface area contributed by atoms with E-state index in [9.17, 15) is 13.2 Å². The molecule has 6 rings (SSSR count). The van der Waals surface area contributed by atoms with Gasteiger partial charge in [-0.25, -0.2) is 18.5 Å². The van der Waals surface area contributed by atoms with E-state index in [0.29, 0.717) is 23.3 Å². The molecule has 1 saturated carbocycles. The van der Waals surface area contributed by atoms with E-state index in [2.05, 4.69) is 11.0 Å². The van der Waals surface area contributed by atoms with Gasteiger partial charge >= 0.3 is 0 Å².